The maximum Gasteiger partial charge on any atom is 0.352 e. The monoisotopic (exact) mass is 274 g/mol. The van der Waals surface area contributed by atoms with Crippen LogP contribution in [0.2, 0.25) is 0 Å². The second-order valence-electron chi connectivity index (χ2n) is 3.09. The molecule has 0 aliphatic rings. The fourth-order valence-corrected chi connectivity index (χ4v) is 0.798. The summed E-state index contributed by atoms with van der Waals surface area (Å²) in [4.78, 5) is 54.2. The predicted octanol–water partition coefficient (Wildman–Crippen LogP) is -1.30. The molecule has 0 bridgehead atoms. The van der Waals surface area contributed by atoms with Crippen molar-refractivity contribution in [2.75, 3.05) is 0 Å². The molecule has 0 aromatic carbocycles. The van der Waals surface area contributed by atoms with E-state index in [4.69, 9.17) is 15.3 Å². The van der Waals surface area contributed by atoms with E-state index in [1.165, 1.54) is 0 Å². The van der Waals surface area contributed by atoms with Crippen molar-refractivity contribution in [3.63, 3.8) is 0 Å². The van der Waals surface area contributed by atoms with Crippen LogP contribution in [0.4, 0.5) is 0 Å². The van der Waals surface area contributed by atoms with Crippen LogP contribution in [0.15, 0.2) is 15.7 Å². The van der Waals surface area contributed by atoms with Gasteiger partial charge in [0.2, 0.25) is 0 Å². The molecule has 19 heavy (non-hydrogen) atoms. The summed E-state index contributed by atoms with van der Waals surface area (Å²) in [6.07, 6.45) is -0.593. The van der Waals surface area contributed by atoms with Crippen molar-refractivity contribution in [3.8, 4) is 0 Å². The number of carboxylic acid groups (broad SMARTS) is 3. The zero-order chi connectivity index (χ0) is 15.0. The molecule has 0 saturated carbocycles. The van der Waals surface area contributed by atoms with Crippen molar-refractivity contribution in [1.29, 1.82) is 0 Å². The largest absolute Gasteiger partial charge is 0.481 e. The molecule has 0 fully saturated rings. The van der Waals surface area contributed by atoms with Crippen LogP contribution < -0.4 is 11.2 Å². The van der Waals surface area contributed by atoms with Crippen molar-refractivity contribution in [1.82, 2.24) is 9.97 Å². The summed E-state index contributed by atoms with van der Waals surface area (Å²) < 4.78 is 0. The highest BCUT2D eigenvalue weighted by atomic mass is 16.4. The molecule has 10 nitrogen and oxygen atoms in total. The van der Waals surface area contributed by atoms with E-state index in [-0.39, 0.29) is 12.8 Å². The lowest BCUT2D eigenvalue weighted by Crippen LogP contribution is -2.24. The number of hydrogen-bond donors (Lipinski definition) is 5. The quantitative estimate of drug-likeness (QED) is 0.449. The molecule has 1 aromatic heterocycles. The van der Waals surface area contributed by atoms with Crippen LogP contribution in [0.1, 0.15) is 23.3 Å². The van der Waals surface area contributed by atoms with Crippen LogP contribution in [-0.4, -0.2) is 43.2 Å². The van der Waals surface area contributed by atoms with E-state index < -0.39 is 34.9 Å². The highest BCUT2D eigenvalue weighted by Gasteiger charge is 2.03. The first-order valence-corrected chi connectivity index (χ1v) is 4.73. The lowest BCUT2D eigenvalue weighted by atomic mass is 10.3. The summed E-state index contributed by atoms with van der Waals surface area (Å²) in [5.74, 6) is -3.49. The Balaban J connectivity index is 0.000000362. The third-order valence-corrected chi connectivity index (χ3v) is 1.54. The molecule has 0 amide bonds. The van der Waals surface area contributed by atoms with Gasteiger partial charge in [0.15, 0.2) is 0 Å². The van der Waals surface area contributed by atoms with Crippen LogP contribution in [0, 0.1) is 0 Å². The van der Waals surface area contributed by atoms with Crippen LogP contribution in [-0.2, 0) is 9.59 Å². The fraction of sp³-hybridized carbons (Fsp3) is 0.222. The summed E-state index contributed by atoms with van der Waals surface area (Å²) in [6.45, 7) is 0. The lowest BCUT2D eigenvalue weighted by Gasteiger charge is -1.89. The summed E-state index contributed by atoms with van der Waals surface area (Å²) in [7, 11) is 0. The number of H-pyrrole nitrogens is 2. The molecule has 0 radical (unpaired) electrons. The van der Waals surface area contributed by atoms with E-state index in [9.17, 15) is 24.0 Å². The molecule has 1 rings (SSSR count). The summed E-state index contributed by atoms with van der Waals surface area (Å²) in [5, 5.41) is 24.1. The second kappa shape index (κ2) is 7.42. The van der Waals surface area contributed by atoms with Gasteiger partial charge in [-0.1, -0.05) is 0 Å². The van der Waals surface area contributed by atoms with Crippen LogP contribution >= 0.6 is 0 Å². The molecule has 0 aliphatic heterocycles. The Labute approximate surface area is 104 Å². The number of aromatic carboxylic acids is 1. The molecule has 1 heterocycles. The van der Waals surface area contributed by atoms with Gasteiger partial charge in [-0.05, 0) is 0 Å². The highest BCUT2D eigenvalue weighted by Crippen LogP contribution is 1.86. The SMILES string of the molecule is O=C(O)CCC(=O)O.O=C(O)c1cc(=O)[nH]c(=O)[nH]1. The number of aromatic amines is 2. The van der Waals surface area contributed by atoms with E-state index in [1.807, 2.05) is 9.97 Å². The minimum atomic E-state index is -1.34. The minimum absolute atomic E-state index is 0.296. The zero-order valence-electron chi connectivity index (χ0n) is 9.37. The van der Waals surface area contributed by atoms with Crippen molar-refractivity contribution in [3.05, 3.63) is 32.6 Å². The topological polar surface area (TPSA) is 178 Å². The first kappa shape index (κ1) is 16.1. The van der Waals surface area contributed by atoms with Crippen molar-refractivity contribution in [2.24, 2.45) is 0 Å². The van der Waals surface area contributed by atoms with Gasteiger partial charge in [-0.2, -0.15) is 0 Å². The molecule has 10 heteroatoms. The number of rotatable bonds is 4. The molecule has 0 spiro atoms. The maximum absolute atomic E-state index is 10.5. The second-order valence-corrected chi connectivity index (χ2v) is 3.09. The average Bonchev–Trinajstić information content (AvgIpc) is 2.25. The molecule has 104 valence electrons. The van der Waals surface area contributed by atoms with E-state index in [1.54, 1.807) is 0 Å². The standard InChI is InChI=1S/C5H4N2O4.C4H6O4/c8-3-1-2(4(9)10)6-5(11)7-3;5-3(6)1-2-4(7)8/h1H,(H,9,10)(H2,6,7,8,11);1-2H2,(H,5,6)(H,7,8). The number of aliphatic carboxylic acids is 2. The molecule has 0 saturated heterocycles. The first-order valence-electron chi connectivity index (χ1n) is 4.73. The number of hydrogen-bond acceptors (Lipinski definition) is 5. The van der Waals surface area contributed by atoms with Crippen molar-refractivity contribution < 1.29 is 29.7 Å². The molecule has 0 atom stereocenters. The minimum Gasteiger partial charge on any atom is -0.481 e. The summed E-state index contributed by atoms with van der Waals surface area (Å²) >= 11 is 0. The Bertz CT molecular complexity index is 542. The van der Waals surface area contributed by atoms with E-state index in [2.05, 4.69) is 0 Å². The Hall–Kier alpha value is -2.91. The van der Waals surface area contributed by atoms with E-state index >= 15 is 0 Å². The van der Waals surface area contributed by atoms with Crippen LogP contribution in [0.5, 0.6) is 0 Å². The van der Waals surface area contributed by atoms with E-state index in [0.717, 1.165) is 6.07 Å². The zero-order valence-corrected chi connectivity index (χ0v) is 9.37. The van der Waals surface area contributed by atoms with Gasteiger partial charge in [0.1, 0.15) is 5.69 Å². The smallest absolute Gasteiger partial charge is 0.352 e. The predicted molar refractivity (Wildman–Crippen MR) is 59.1 cm³/mol. The first-order chi connectivity index (χ1) is 8.72. The average molecular weight is 274 g/mol. The number of aromatic nitrogens is 2. The third kappa shape index (κ3) is 7.90. The van der Waals surface area contributed by atoms with Gasteiger partial charge in [-0.3, -0.25) is 19.4 Å². The lowest BCUT2D eigenvalue weighted by molar-refractivity contribution is -0.143. The van der Waals surface area contributed by atoms with Crippen LogP contribution in [0.3, 0.4) is 0 Å². The van der Waals surface area contributed by atoms with Crippen molar-refractivity contribution >= 4 is 17.9 Å². The summed E-state index contributed by atoms with van der Waals surface area (Å²) in [5.41, 5.74) is -1.97. The Morgan fingerprint density at radius 3 is 1.74 bits per heavy atom. The molecule has 0 aliphatic carbocycles. The van der Waals surface area contributed by atoms with Crippen LogP contribution in [0.25, 0.3) is 0 Å². The highest BCUT2D eigenvalue weighted by molar-refractivity contribution is 5.84. The van der Waals surface area contributed by atoms with Gasteiger partial charge < -0.3 is 20.3 Å². The Morgan fingerprint density at radius 1 is 0.947 bits per heavy atom. The molecular formula is C9H10N2O8. The fourth-order valence-electron chi connectivity index (χ4n) is 0.798. The van der Waals surface area contributed by atoms with Gasteiger partial charge in [-0.15, -0.1) is 0 Å². The normalized spacial score (nSPS) is 9.05. The molecular weight excluding hydrogens is 264 g/mol. The van der Waals surface area contributed by atoms with Gasteiger partial charge in [0.05, 0.1) is 12.8 Å². The van der Waals surface area contributed by atoms with Gasteiger partial charge in [0, 0.05) is 6.07 Å². The molecule has 1 aromatic rings. The number of carbonyl (C=O) groups is 3. The molecule has 0 unspecified atom stereocenters. The van der Waals surface area contributed by atoms with Gasteiger partial charge in [0.25, 0.3) is 5.56 Å². The third-order valence-electron chi connectivity index (χ3n) is 1.54. The molecule has 5 N–H and O–H groups in total. The Kier molecular flexibility index (Phi) is 6.29. The summed E-state index contributed by atoms with van der Waals surface area (Å²) in [6, 6.07) is 0.795. The number of carboxylic acids is 3. The number of nitrogens with one attached hydrogen (secondary N) is 2. The Morgan fingerprint density at radius 2 is 1.42 bits per heavy atom. The van der Waals surface area contributed by atoms with Crippen molar-refractivity contribution in [2.45, 2.75) is 12.8 Å². The van der Waals surface area contributed by atoms with Gasteiger partial charge in [-0.25, -0.2) is 9.59 Å². The van der Waals surface area contributed by atoms with Gasteiger partial charge >= 0.3 is 23.6 Å². The van der Waals surface area contributed by atoms with E-state index in [0.29, 0.717) is 0 Å². The maximum atomic E-state index is 10.5.